The van der Waals surface area contributed by atoms with Gasteiger partial charge in [0.1, 0.15) is 11.8 Å². The van der Waals surface area contributed by atoms with Crippen LogP contribution in [-0.4, -0.2) is 14.7 Å². The van der Waals surface area contributed by atoms with E-state index in [9.17, 15) is 14.7 Å². The second kappa shape index (κ2) is 5.93. The van der Waals surface area contributed by atoms with E-state index >= 15 is 0 Å². The third-order valence-electron chi connectivity index (χ3n) is 2.75. The van der Waals surface area contributed by atoms with Crippen molar-refractivity contribution in [1.29, 1.82) is 0 Å². The van der Waals surface area contributed by atoms with Gasteiger partial charge in [0.15, 0.2) is 0 Å². The fraction of sp³-hybridized carbons (Fsp3) is 0.200. The lowest BCUT2D eigenvalue weighted by atomic mass is 10.1. The molecule has 0 bridgehead atoms. The van der Waals surface area contributed by atoms with Crippen molar-refractivity contribution in [3.8, 4) is 17.6 Å². The number of benzene rings is 1. The average Bonchev–Trinajstić information content (AvgIpc) is 2.42. The highest BCUT2D eigenvalue weighted by Crippen LogP contribution is 2.18. The zero-order valence-electron chi connectivity index (χ0n) is 11.0. The van der Waals surface area contributed by atoms with Crippen LogP contribution in [0.1, 0.15) is 24.9 Å². The van der Waals surface area contributed by atoms with Crippen molar-refractivity contribution in [2.75, 3.05) is 0 Å². The van der Waals surface area contributed by atoms with Crippen molar-refractivity contribution in [2.45, 2.75) is 19.4 Å². The zero-order chi connectivity index (χ0) is 14.5. The third kappa shape index (κ3) is 2.98. The lowest BCUT2D eigenvalue weighted by Crippen LogP contribution is -2.31. The van der Waals surface area contributed by atoms with E-state index in [2.05, 4.69) is 16.8 Å². The maximum atomic E-state index is 11.9. The summed E-state index contributed by atoms with van der Waals surface area (Å²) in [6.07, 6.45) is 2.08. The Kier molecular flexibility index (Phi) is 4.06. The number of aromatic hydroxyl groups is 1. The highest BCUT2D eigenvalue weighted by atomic mass is 16.3. The lowest BCUT2D eigenvalue weighted by molar-refractivity contribution is 0.475. The zero-order valence-corrected chi connectivity index (χ0v) is 11.0. The van der Waals surface area contributed by atoms with Crippen LogP contribution in [0.2, 0.25) is 0 Å². The van der Waals surface area contributed by atoms with Crippen molar-refractivity contribution < 1.29 is 5.11 Å². The molecule has 0 saturated heterocycles. The van der Waals surface area contributed by atoms with E-state index in [0.29, 0.717) is 6.42 Å². The summed E-state index contributed by atoms with van der Waals surface area (Å²) in [7, 11) is 0. The van der Waals surface area contributed by atoms with Gasteiger partial charge in [-0.2, -0.15) is 0 Å². The van der Waals surface area contributed by atoms with E-state index in [-0.39, 0.29) is 5.75 Å². The topological polar surface area (TPSA) is 75.1 Å². The molecule has 2 aromatic rings. The molecule has 0 saturated carbocycles. The number of phenols is 1. The number of hydrogen-bond donors (Lipinski definition) is 2. The molecule has 5 heteroatoms. The normalized spacial score (nSPS) is 11.4. The molecular formula is C15H14N2O3. The van der Waals surface area contributed by atoms with Gasteiger partial charge in [-0.1, -0.05) is 25.0 Å². The first-order valence-electron chi connectivity index (χ1n) is 6.20. The van der Waals surface area contributed by atoms with E-state index in [1.807, 2.05) is 6.92 Å². The van der Waals surface area contributed by atoms with Crippen molar-refractivity contribution in [3.63, 3.8) is 0 Å². The van der Waals surface area contributed by atoms with Gasteiger partial charge in [0.2, 0.25) is 0 Å². The van der Waals surface area contributed by atoms with Crippen LogP contribution in [0.4, 0.5) is 0 Å². The molecule has 20 heavy (non-hydrogen) atoms. The summed E-state index contributed by atoms with van der Waals surface area (Å²) in [6.45, 7) is 1.91. The number of phenolic OH excluding ortho intramolecular Hbond substituents is 1. The molecule has 2 N–H and O–H groups in total. The highest BCUT2D eigenvalue weighted by molar-refractivity contribution is 5.33. The van der Waals surface area contributed by atoms with Crippen LogP contribution in [0.3, 0.4) is 0 Å². The molecule has 0 amide bonds. The van der Waals surface area contributed by atoms with Crippen LogP contribution in [0.5, 0.6) is 5.75 Å². The molecule has 0 aliphatic carbocycles. The Labute approximate surface area is 115 Å². The first-order chi connectivity index (χ1) is 9.61. The largest absolute Gasteiger partial charge is 0.508 e. The fourth-order valence-electron chi connectivity index (χ4n) is 1.80. The second-order valence-electron chi connectivity index (χ2n) is 4.19. The summed E-state index contributed by atoms with van der Waals surface area (Å²) in [6, 6.07) is 7.24. The molecule has 0 radical (unpaired) electrons. The van der Waals surface area contributed by atoms with Gasteiger partial charge in [-0.25, -0.2) is 4.79 Å². The van der Waals surface area contributed by atoms with Crippen molar-refractivity contribution in [2.24, 2.45) is 0 Å². The first kappa shape index (κ1) is 13.7. The number of hydrogen-bond acceptors (Lipinski definition) is 3. The van der Waals surface area contributed by atoms with Gasteiger partial charge in [-0.3, -0.25) is 14.3 Å². The summed E-state index contributed by atoms with van der Waals surface area (Å²) in [5.41, 5.74) is -0.196. The molecule has 1 unspecified atom stereocenters. The monoisotopic (exact) mass is 270 g/mol. The fourth-order valence-corrected chi connectivity index (χ4v) is 1.80. The maximum absolute atomic E-state index is 11.9. The van der Waals surface area contributed by atoms with Crippen molar-refractivity contribution >= 4 is 0 Å². The van der Waals surface area contributed by atoms with Crippen molar-refractivity contribution in [1.82, 2.24) is 9.55 Å². The predicted octanol–water partition coefficient (Wildman–Crippen LogP) is 1.24. The average molecular weight is 270 g/mol. The highest BCUT2D eigenvalue weighted by Gasteiger charge is 2.12. The van der Waals surface area contributed by atoms with Gasteiger partial charge in [0.05, 0.1) is 0 Å². The smallest absolute Gasteiger partial charge is 0.329 e. The van der Waals surface area contributed by atoms with E-state index < -0.39 is 17.3 Å². The van der Waals surface area contributed by atoms with Gasteiger partial charge in [0.25, 0.3) is 5.56 Å². The SMILES string of the molecule is CCC#CC(c1ccc(O)cc1)n1ccc(=O)[nH]c1=O. The van der Waals surface area contributed by atoms with E-state index in [1.54, 1.807) is 12.1 Å². The van der Waals surface area contributed by atoms with Crippen LogP contribution in [-0.2, 0) is 0 Å². The van der Waals surface area contributed by atoms with Gasteiger partial charge >= 0.3 is 5.69 Å². The molecule has 5 nitrogen and oxygen atoms in total. The Bertz CT molecular complexity index is 760. The van der Waals surface area contributed by atoms with Crippen LogP contribution in [0.25, 0.3) is 0 Å². The summed E-state index contributed by atoms with van der Waals surface area (Å²) in [5, 5.41) is 9.32. The minimum atomic E-state index is -0.513. The Hall–Kier alpha value is -2.74. The maximum Gasteiger partial charge on any atom is 0.329 e. The Morgan fingerprint density at radius 1 is 1.25 bits per heavy atom. The number of aromatic nitrogens is 2. The van der Waals surface area contributed by atoms with Crippen LogP contribution < -0.4 is 11.2 Å². The molecule has 2 rings (SSSR count). The minimum Gasteiger partial charge on any atom is -0.508 e. The second-order valence-corrected chi connectivity index (χ2v) is 4.19. The molecule has 1 heterocycles. The van der Waals surface area contributed by atoms with E-state index in [0.717, 1.165) is 5.56 Å². The standard InChI is InChI=1S/C15H14N2O3/c1-2-3-4-13(11-5-7-12(18)8-6-11)17-10-9-14(19)16-15(17)20/h5-10,13,18H,2H2,1H3,(H,16,19,20). The summed E-state index contributed by atoms with van der Waals surface area (Å²) >= 11 is 0. The quantitative estimate of drug-likeness (QED) is 0.806. The first-order valence-corrected chi connectivity index (χ1v) is 6.20. The molecule has 0 spiro atoms. The van der Waals surface area contributed by atoms with E-state index in [4.69, 9.17) is 0 Å². The number of aromatic amines is 1. The molecule has 0 aliphatic rings. The van der Waals surface area contributed by atoms with Gasteiger partial charge in [-0.05, 0) is 17.7 Å². The number of nitrogens with one attached hydrogen (secondary N) is 1. The van der Waals surface area contributed by atoms with Gasteiger partial charge < -0.3 is 5.11 Å². The molecule has 0 fully saturated rings. The number of rotatable bonds is 2. The molecule has 1 atom stereocenters. The number of nitrogens with zero attached hydrogens (tertiary/aromatic N) is 1. The Balaban J connectivity index is 2.55. The Morgan fingerprint density at radius 2 is 1.95 bits per heavy atom. The number of H-pyrrole nitrogens is 1. The molecular weight excluding hydrogens is 256 g/mol. The molecule has 0 aliphatic heterocycles. The summed E-state index contributed by atoms with van der Waals surface area (Å²) in [4.78, 5) is 25.2. The third-order valence-corrected chi connectivity index (χ3v) is 2.75. The lowest BCUT2D eigenvalue weighted by Gasteiger charge is -2.14. The minimum absolute atomic E-state index is 0.143. The van der Waals surface area contributed by atoms with E-state index in [1.165, 1.54) is 29.0 Å². The summed E-state index contributed by atoms with van der Waals surface area (Å²) < 4.78 is 1.36. The van der Waals surface area contributed by atoms with Crippen LogP contribution in [0, 0.1) is 11.8 Å². The molecule has 102 valence electrons. The predicted molar refractivity (Wildman–Crippen MR) is 75.6 cm³/mol. The molecule has 1 aromatic carbocycles. The Morgan fingerprint density at radius 3 is 2.55 bits per heavy atom. The van der Waals surface area contributed by atoms with Gasteiger partial charge in [-0.15, -0.1) is 5.92 Å². The molecule has 1 aromatic heterocycles. The van der Waals surface area contributed by atoms with Gasteiger partial charge in [0, 0.05) is 18.7 Å². The van der Waals surface area contributed by atoms with Crippen LogP contribution in [0.15, 0.2) is 46.1 Å². The summed E-state index contributed by atoms with van der Waals surface area (Å²) in [5.74, 6) is 6.07. The van der Waals surface area contributed by atoms with Crippen molar-refractivity contribution in [3.05, 3.63) is 62.9 Å². The van der Waals surface area contributed by atoms with Crippen LogP contribution >= 0.6 is 0 Å².